The van der Waals surface area contributed by atoms with Gasteiger partial charge in [0.15, 0.2) is 17.1 Å². The molecule has 3 aromatic carbocycles. The summed E-state index contributed by atoms with van der Waals surface area (Å²) in [5, 5.41) is 0. The Bertz CT molecular complexity index is 2560. The smallest absolute Gasteiger partial charge is 0.217 e. The Kier molecular flexibility index (Phi) is 7.82. The van der Waals surface area contributed by atoms with Gasteiger partial charge in [0.1, 0.15) is 22.9 Å². The lowest BCUT2D eigenvalue weighted by molar-refractivity contribution is -0.0681. The summed E-state index contributed by atoms with van der Waals surface area (Å²) in [6.07, 6.45) is -0.0155. The maximum Gasteiger partial charge on any atom is 0.217 e. The summed E-state index contributed by atoms with van der Waals surface area (Å²) < 4.78 is 40.0. The Balaban J connectivity index is 1.26. The molecule has 4 heterocycles. The fraction of sp³-hybridized carbons (Fsp3) is 0.408. The molecule has 0 spiro atoms. The number of ether oxygens (including phenoxy) is 3. The van der Waals surface area contributed by atoms with Gasteiger partial charge in [-0.15, -0.1) is 0 Å². The number of benzene rings is 3. The lowest BCUT2D eigenvalue weighted by Gasteiger charge is -2.45. The number of rotatable bonds is 4. The van der Waals surface area contributed by atoms with E-state index in [9.17, 15) is 2.74 Å². The minimum atomic E-state index is -1.89. The van der Waals surface area contributed by atoms with Crippen molar-refractivity contribution in [1.82, 2.24) is 9.97 Å². The van der Waals surface area contributed by atoms with E-state index in [1.54, 1.807) is 0 Å². The monoisotopic (exact) mass is 750 g/mol. The van der Waals surface area contributed by atoms with Crippen LogP contribution in [0.25, 0.3) is 0 Å². The molecule has 0 unspecified atom stereocenters. The van der Waals surface area contributed by atoms with Crippen molar-refractivity contribution in [2.24, 2.45) is 10.4 Å². The Labute approximate surface area is 336 Å². The number of hydrogen-bond donors (Lipinski definition) is 0. The SMILES string of the molecule is [2H]C1([2H])c2cc(C)c(C)nc2[C@@]2(C)N=C(c3cc(Oc4cc5c(cc4C)Oc4cc(C)ccc4N5c4cc(C(C)(C)C)ccn4)cc(C(C)(C)C)c3)O[C@@]12C(C)(C)C. The first kappa shape index (κ1) is 35.3. The normalized spacial score (nSPS) is 21.5. The molecule has 0 saturated heterocycles. The van der Waals surface area contributed by atoms with E-state index in [1.165, 1.54) is 5.56 Å². The molecule has 5 aromatic rings. The summed E-state index contributed by atoms with van der Waals surface area (Å²) in [5.74, 6) is 3.92. The van der Waals surface area contributed by atoms with E-state index in [0.717, 1.165) is 56.5 Å². The predicted molar refractivity (Wildman–Crippen MR) is 227 cm³/mol. The Morgan fingerprint density at radius 3 is 2.18 bits per heavy atom. The highest BCUT2D eigenvalue weighted by molar-refractivity contribution is 5.97. The van der Waals surface area contributed by atoms with Gasteiger partial charge in [-0.2, -0.15) is 0 Å². The van der Waals surface area contributed by atoms with Gasteiger partial charge < -0.3 is 14.2 Å². The summed E-state index contributed by atoms with van der Waals surface area (Å²) in [6.45, 7) is 29.2. The van der Waals surface area contributed by atoms with E-state index in [2.05, 4.69) is 95.8 Å². The number of hydrogen-bond acceptors (Lipinski definition) is 7. The zero-order valence-corrected chi connectivity index (χ0v) is 35.4. The Hall–Kier alpha value is -5.17. The number of aryl methyl sites for hydroxylation is 4. The maximum absolute atomic E-state index is 9.74. The summed E-state index contributed by atoms with van der Waals surface area (Å²) in [4.78, 5) is 17.4. The van der Waals surface area contributed by atoms with Crippen LogP contribution in [-0.4, -0.2) is 21.5 Å². The van der Waals surface area contributed by atoms with E-state index >= 15 is 0 Å². The van der Waals surface area contributed by atoms with Gasteiger partial charge >= 0.3 is 0 Å². The van der Waals surface area contributed by atoms with Gasteiger partial charge in [-0.05, 0) is 127 Å². The van der Waals surface area contributed by atoms with E-state index in [1.807, 2.05) is 78.9 Å². The molecule has 2 aromatic heterocycles. The fourth-order valence-corrected chi connectivity index (χ4v) is 8.22. The van der Waals surface area contributed by atoms with Gasteiger partial charge in [0, 0.05) is 38.1 Å². The quantitative estimate of drug-likeness (QED) is 0.179. The second-order valence-electron chi connectivity index (χ2n) is 19.2. The van der Waals surface area contributed by atoms with Crippen molar-refractivity contribution in [1.29, 1.82) is 0 Å². The zero-order chi connectivity index (χ0) is 42.1. The molecular weight excluding hydrogens is 693 g/mol. The molecule has 0 saturated carbocycles. The van der Waals surface area contributed by atoms with Crippen molar-refractivity contribution in [3.8, 4) is 23.0 Å². The van der Waals surface area contributed by atoms with Crippen LogP contribution in [0.4, 0.5) is 17.2 Å². The fourth-order valence-electron chi connectivity index (χ4n) is 8.22. The van der Waals surface area contributed by atoms with Crippen LogP contribution in [0.1, 0.15) is 122 Å². The summed E-state index contributed by atoms with van der Waals surface area (Å²) in [6, 6.07) is 22.6. The second kappa shape index (κ2) is 12.4. The molecule has 0 amide bonds. The van der Waals surface area contributed by atoms with Gasteiger partial charge in [-0.25, -0.2) is 9.98 Å². The van der Waals surface area contributed by atoms with Crippen LogP contribution in [0.5, 0.6) is 23.0 Å². The van der Waals surface area contributed by atoms with Crippen molar-refractivity contribution in [3.05, 3.63) is 123 Å². The van der Waals surface area contributed by atoms with Gasteiger partial charge in [0.05, 0.1) is 17.1 Å². The molecular formula is C49H56N4O3. The topological polar surface area (TPSA) is 69.1 Å². The first-order valence-corrected chi connectivity index (χ1v) is 19.7. The van der Waals surface area contributed by atoms with Crippen LogP contribution < -0.4 is 14.4 Å². The van der Waals surface area contributed by atoms with Crippen LogP contribution >= 0.6 is 0 Å². The molecule has 2 aliphatic heterocycles. The molecule has 7 heteroatoms. The van der Waals surface area contributed by atoms with Crippen LogP contribution in [0, 0.1) is 33.1 Å². The number of pyridine rings is 2. The summed E-state index contributed by atoms with van der Waals surface area (Å²) in [7, 11) is 0. The molecule has 7 nitrogen and oxygen atoms in total. The second-order valence-corrected chi connectivity index (χ2v) is 19.2. The van der Waals surface area contributed by atoms with Gasteiger partial charge in [0.25, 0.3) is 0 Å². The number of anilines is 3. The van der Waals surface area contributed by atoms with Crippen molar-refractivity contribution in [2.75, 3.05) is 4.90 Å². The minimum absolute atomic E-state index is 0.0725. The third-order valence-electron chi connectivity index (χ3n) is 11.7. The molecule has 8 rings (SSSR count). The van der Waals surface area contributed by atoms with Gasteiger partial charge in [-0.3, -0.25) is 9.88 Å². The number of nitrogens with zero attached hydrogens (tertiary/aromatic N) is 4. The first-order valence-electron chi connectivity index (χ1n) is 20.7. The van der Waals surface area contributed by atoms with Crippen LogP contribution in [0.2, 0.25) is 0 Å². The van der Waals surface area contributed by atoms with E-state index in [4.69, 9.17) is 29.2 Å². The number of aliphatic imine (C=N–C) groups is 1. The highest BCUT2D eigenvalue weighted by Gasteiger charge is 2.67. The van der Waals surface area contributed by atoms with Crippen LogP contribution in [0.15, 0.2) is 77.9 Å². The van der Waals surface area contributed by atoms with Crippen molar-refractivity contribution < 1.29 is 17.0 Å². The average Bonchev–Trinajstić information content (AvgIpc) is 3.53. The number of aromatic nitrogens is 2. The molecule has 1 aliphatic carbocycles. The van der Waals surface area contributed by atoms with E-state index in [0.29, 0.717) is 34.4 Å². The third kappa shape index (κ3) is 5.97. The molecule has 56 heavy (non-hydrogen) atoms. The number of fused-ring (bicyclic) bond motifs is 5. The summed E-state index contributed by atoms with van der Waals surface area (Å²) >= 11 is 0. The standard InChI is InChI=1S/C49H56N4O3/c1-28-15-16-37-40(19-28)55-41-21-30(3)39(26-38(41)53(37)42-25-34(17-18-50-42)45(5,6)7)54-36-23-32(22-35(24-36)46(8,9)10)44-52-48(14)43-33(20-29(2)31(4)51-43)27-49(48,56-44)47(11,12)13/h15-26H,27H2,1-14H3/t48-,49-/m1/s1/i27D2. The van der Waals surface area contributed by atoms with Gasteiger partial charge in [0.2, 0.25) is 5.90 Å². The molecule has 0 bridgehead atoms. The molecule has 3 aliphatic rings. The highest BCUT2D eigenvalue weighted by Crippen LogP contribution is 2.60. The molecule has 2 atom stereocenters. The zero-order valence-electron chi connectivity index (χ0n) is 37.4. The lowest BCUT2D eigenvalue weighted by atomic mass is 9.67. The Morgan fingerprint density at radius 2 is 1.48 bits per heavy atom. The lowest BCUT2D eigenvalue weighted by Crippen LogP contribution is -2.54. The summed E-state index contributed by atoms with van der Waals surface area (Å²) in [5.41, 5.74) is 6.15. The van der Waals surface area contributed by atoms with Crippen molar-refractivity contribution in [2.45, 2.75) is 125 Å². The first-order chi connectivity index (χ1) is 26.9. The average molecular weight is 751 g/mol. The van der Waals surface area contributed by atoms with E-state index < -0.39 is 22.9 Å². The van der Waals surface area contributed by atoms with Gasteiger partial charge in [-0.1, -0.05) is 74.4 Å². The minimum Gasteiger partial charge on any atom is -0.467 e. The predicted octanol–water partition coefficient (Wildman–Crippen LogP) is 12.7. The molecule has 0 fully saturated rings. The third-order valence-corrected chi connectivity index (χ3v) is 11.7. The van der Waals surface area contributed by atoms with Crippen LogP contribution in [-0.2, 0) is 27.5 Å². The molecule has 0 radical (unpaired) electrons. The maximum atomic E-state index is 9.74. The van der Waals surface area contributed by atoms with Crippen molar-refractivity contribution >= 4 is 23.1 Å². The Morgan fingerprint density at radius 1 is 0.768 bits per heavy atom. The largest absolute Gasteiger partial charge is 0.467 e. The van der Waals surface area contributed by atoms with Crippen molar-refractivity contribution in [3.63, 3.8) is 0 Å². The van der Waals surface area contributed by atoms with E-state index in [-0.39, 0.29) is 10.8 Å². The molecule has 0 N–H and O–H groups in total. The van der Waals surface area contributed by atoms with Crippen LogP contribution in [0.3, 0.4) is 0 Å². The molecule has 290 valence electrons. The highest BCUT2D eigenvalue weighted by atomic mass is 16.5.